The summed E-state index contributed by atoms with van der Waals surface area (Å²) in [6, 6.07) is 18.3. The summed E-state index contributed by atoms with van der Waals surface area (Å²) in [6.07, 6.45) is 0. The smallest absolute Gasteiger partial charge is 0.295 e. The van der Waals surface area contributed by atoms with Gasteiger partial charge in [0.05, 0.1) is 36.4 Å². The minimum absolute atomic E-state index is 0.0682. The van der Waals surface area contributed by atoms with E-state index in [1.165, 1.54) is 24.1 Å². The molecule has 1 N–H and O–H groups in total. The number of Topliss-reactive ketones (excluding diaryl/α,β-unsaturated/α-hetero) is 1. The molecule has 1 fully saturated rings. The average Bonchev–Trinajstić information content (AvgIpc) is 3.09. The molecule has 6 nitrogen and oxygen atoms in total. The van der Waals surface area contributed by atoms with Crippen LogP contribution in [0.1, 0.15) is 22.7 Å². The Morgan fingerprint density at radius 3 is 2.26 bits per heavy atom. The number of halogens is 2. The molecular formula is C26H21Cl2NO5. The quantitative estimate of drug-likeness (QED) is 0.271. The molecule has 174 valence electrons. The number of nitrogens with zero attached hydrogens (tertiary/aromatic N) is 1. The Hall–Kier alpha value is -3.48. The lowest BCUT2D eigenvalue weighted by Crippen LogP contribution is -2.29. The van der Waals surface area contributed by atoms with E-state index in [-0.39, 0.29) is 33.5 Å². The van der Waals surface area contributed by atoms with E-state index in [0.717, 1.165) is 5.56 Å². The summed E-state index contributed by atoms with van der Waals surface area (Å²) in [7, 11) is 2.96. The number of rotatable bonds is 6. The second kappa shape index (κ2) is 9.79. The van der Waals surface area contributed by atoms with Crippen LogP contribution < -0.4 is 9.47 Å². The van der Waals surface area contributed by atoms with Gasteiger partial charge in [-0.3, -0.25) is 9.59 Å². The van der Waals surface area contributed by atoms with Crippen molar-refractivity contribution in [3.8, 4) is 11.5 Å². The summed E-state index contributed by atoms with van der Waals surface area (Å²) in [5.74, 6) is -1.12. The number of amides is 1. The lowest BCUT2D eigenvalue weighted by Gasteiger charge is -2.25. The number of carbonyl (C=O) groups excluding carboxylic acids is 2. The number of ketones is 1. The van der Waals surface area contributed by atoms with Crippen molar-refractivity contribution in [2.24, 2.45) is 0 Å². The summed E-state index contributed by atoms with van der Waals surface area (Å²) in [5.41, 5.74) is 1.53. The average molecular weight is 498 g/mol. The van der Waals surface area contributed by atoms with Gasteiger partial charge in [0.15, 0.2) is 0 Å². The molecular weight excluding hydrogens is 477 g/mol. The van der Waals surface area contributed by atoms with Gasteiger partial charge in [-0.15, -0.1) is 0 Å². The Labute approximate surface area is 206 Å². The summed E-state index contributed by atoms with van der Waals surface area (Å²) in [6.45, 7) is 0.151. The fourth-order valence-corrected chi connectivity index (χ4v) is 4.61. The number of aliphatic hydroxyl groups is 1. The maximum atomic E-state index is 13.2. The number of ether oxygens (including phenoxy) is 2. The van der Waals surface area contributed by atoms with Gasteiger partial charge in [0.25, 0.3) is 11.7 Å². The first kappa shape index (κ1) is 23.7. The van der Waals surface area contributed by atoms with Crippen LogP contribution in [-0.4, -0.2) is 35.9 Å². The molecule has 3 aromatic carbocycles. The van der Waals surface area contributed by atoms with E-state index in [0.29, 0.717) is 11.3 Å². The van der Waals surface area contributed by atoms with Crippen molar-refractivity contribution < 1.29 is 24.2 Å². The van der Waals surface area contributed by atoms with Gasteiger partial charge < -0.3 is 19.5 Å². The highest BCUT2D eigenvalue weighted by molar-refractivity contribution is 6.46. The molecule has 1 aliphatic rings. The van der Waals surface area contributed by atoms with Crippen molar-refractivity contribution in [1.29, 1.82) is 0 Å². The van der Waals surface area contributed by atoms with Crippen molar-refractivity contribution >= 4 is 40.7 Å². The zero-order valence-corrected chi connectivity index (χ0v) is 19.9. The predicted octanol–water partition coefficient (Wildman–Crippen LogP) is 5.63. The molecule has 4 rings (SSSR count). The number of aliphatic hydroxyl groups excluding tert-OH is 1. The maximum absolute atomic E-state index is 13.2. The van der Waals surface area contributed by atoms with Gasteiger partial charge in [-0.25, -0.2) is 0 Å². The topological polar surface area (TPSA) is 76.1 Å². The lowest BCUT2D eigenvalue weighted by molar-refractivity contribution is -0.140. The third-order valence-electron chi connectivity index (χ3n) is 5.63. The first-order chi connectivity index (χ1) is 16.3. The number of likely N-dealkylation sites (tertiary alicyclic amines) is 1. The molecule has 0 bridgehead atoms. The van der Waals surface area contributed by atoms with E-state index >= 15 is 0 Å². The Bertz CT molecular complexity index is 1270. The van der Waals surface area contributed by atoms with E-state index in [9.17, 15) is 14.7 Å². The standard InChI is InChI=1S/C26H21Cl2NO5/c1-33-18-10-8-15(9-11-18)14-29-22(16-6-4-3-5-7-16)21(24(31)26(29)32)23(30)19-12-17(27)13-20(28)25(19)34-2/h3-13,22,30H,14H2,1-2H3/b23-21+. The fraction of sp³-hybridized carbons (Fsp3) is 0.154. The lowest BCUT2D eigenvalue weighted by atomic mass is 9.95. The molecule has 0 aromatic heterocycles. The van der Waals surface area contributed by atoms with Crippen molar-refractivity contribution in [2.75, 3.05) is 14.2 Å². The van der Waals surface area contributed by atoms with Crippen LogP contribution in [0.5, 0.6) is 11.5 Å². The number of methoxy groups -OCH3 is 2. The first-order valence-corrected chi connectivity index (χ1v) is 11.1. The summed E-state index contributed by atoms with van der Waals surface area (Å²) in [4.78, 5) is 27.8. The van der Waals surface area contributed by atoms with Crippen molar-refractivity contribution in [3.63, 3.8) is 0 Å². The molecule has 1 atom stereocenters. The van der Waals surface area contributed by atoms with Crippen LogP contribution in [0.3, 0.4) is 0 Å². The third-order valence-corrected chi connectivity index (χ3v) is 6.13. The SMILES string of the molecule is COc1ccc(CN2C(=O)C(=O)/C(=C(/O)c3cc(Cl)cc(Cl)c3OC)C2c2ccccc2)cc1. The summed E-state index contributed by atoms with van der Waals surface area (Å²) in [5, 5.41) is 11.7. The van der Waals surface area contributed by atoms with Crippen LogP contribution in [-0.2, 0) is 16.1 Å². The molecule has 1 aliphatic heterocycles. The van der Waals surface area contributed by atoms with E-state index in [1.807, 2.05) is 18.2 Å². The van der Waals surface area contributed by atoms with E-state index in [1.54, 1.807) is 43.5 Å². The fourth-order valence-electron chi connectivity index (χ4n) is 4.04. The van der Waals surface area contributed by atoms with Gasteiger partial charge in [0.1, 0.15) is 17.3 Å². The van der Waals surface area contributed by atoms with Gasteiger partial charge in [-0.2, -0.15) is 0 Å². The molecule has 0 spiro atoms. The molecule has 0 radical (unpaired) electrons. The maximum Gasteiger partial charge on any atom is 0.295 e. The van der Waals surface area contributed by atoms with Gasteiger partial charge >= 0.3 is 0 Å². The van der Waals surface area contributed by atoms with Crippen LogP contribution in [0.25, 0.3) is 5.76 Å². The Balaban J connectivity index is 1.88. The van der Waals surface area contributed by atoms with Crippen LogP contribution in [0, 0.1) is 0 Å². The number of benzene rings is 3. The van der Waals surface area contributed by atoms with E-state index < -0.39 is 23.5 Å². The van der Waals surface area contributed by atoms with Crippen LogP contribution in [0.4, 0.5) is 0 Å². The minimum Gasteiger partial charge on any atom is -0.507 e. The molecule has 0 saturated carbocycles. The van der Waals surface area contributed by atoms with Gasteiger partial charge in [0, 0.05) is 11.6 Å². The highest BCUT2D eigenvalue weighted by atomic mass is 35.5. The zero-order chi connectivity index (χ0) is 24.4. The summed E-state index contributed by atoms with van der Waals surface area (Å²) < 4.78 is 10.6. The summed E-state index contributed by atoms with van der Waals surface area (Å²) >= 11 is 12.4. The Morgan fingerprint density at radius 1 is 0.971 bits per heavy atom. The Morgan fingerprint density at radius 2 is 1.65 bits per heavy atom. The number of carbonyl (C=O) groups is 2. The monoisotopic (exact) mass is 497 g/mol. The first-order valence-electron chi connectivity index (χ1n) is 10.4. The normalized spacial score (nSPS) is 17.2. The van der Waals surface area contributed by atoms with E-state index in [4.69, 9.17) is 32.7 Å². The second-order valence-corrected chi connectivity index (χ2v) is 8.50. The minimum atomic E-state index is -0.828. The number of hydrogen-bond donors (Lipinski definition) is 1. The number of hydrogen-bond acceptors (Lipinski definition) is 5. The second-order valence-electron chi connectivity index (χ2n) is 7.65. The van der Waals surface area contributed by atoms with Gasteiger partial charge in [0.2, 0.25) is 0 Å². The Kier molecular flexibility index (Phi) is 6.82. The molecule has 1 saturated heterocycles. The van der Waals surface area contributed by atoms with E-state index in [2.05, 4.69) is 0 Å². The molecule has 1 unspecified atom stereocenters. The van der Waals surface area contributed by atoms with Crippen LogP contribution in [0.15, 0.2) is 72.3 Å². The highest BCUT2D eigenvalue weighted by Gasteiger charge is 2.46. The van der Waals surface area contributed by atoms with Crippen molar-refractivity contribution in [2.45, 2.75) is 12.6 Å². The highest BCUT2D eigenvalue weighted by Crippen LogP contribution is 2.43. The predicted molar refractivity (Wildman–Crippen MR) is 130 cm³/mol. The van der Waals surface area contributed by atoms with Gasteiger partial charge in [-0.05, 0) is 35.4 Å². The molecule has 3 aromatic rings. The van der Waals surface area contributed by atoms with Crippen LogP contribution in [0.2, 0.25) is 10.0 Å². The third kappa shape index (κ3) is 4.34. The molecule has 1 amide bonds. The van der Waals surface area contributed by atoms with Gasteiger partial charge in [-0.1, -0.05) is 65.7 Å². The van der Waals surface area contributed by atoms with Crippen LogP contribution >= 0.6 is 23.2 Å². The van der Waals surface area contributed by atoms with Crippen molar-refractivity contribution in [3.05, 3.63) is 99.0 Å². The molecule has 0 aliphatic carbocycles. The molecule has 1 heterocycles. The largest absolute Gasteiger partial charge is 0.507 e. The zero-order valence-electron chi connectivity index (χ0n) is 18.4. The van der Waals surface area contributed by atoms with Crippen molar-refractivity contribution in [1.82, 2.24) is 4.90 Å². The molecule has 34 heavy (non-hydrogen) atoms. The molecule has 8 heteroatoms.